The third kappa shape index (κ3) is 6.63. The van der Waals surface area contributed by atoms with Gasteiger partial charge in [-0.2, -0.15) is 0 Å². The lowest BCUT2D eigenvalue weighted by molar-refractivity contribution is -0.139. The van der Waals surface area contributed by atoms with Crippen LogP contribution in [0, 0.1) is 5.82 Å². The number of rotatable bonds is 9. The number of carbonyl (C=O) groups excluding carboxylic acids is 2. The van der Waals surface area contributed by atoms with Gasteiger partial charge in [-0.1, -0.05) is 47.1 Å². The number of likely N-dealkylation sites (N-methyl/N-ethyl adjacent to an activating group) is 1. The SMILES string of the molecule is CC[C@@H](C(=O)NC)N(Cc1ccc(F)cc1)C(=O)CSCc1ccc(Br)cc1. The average Bonchev–Trinajstić information content (AvgIpc) is 2.70. The first-order chi connectivity index (χ1) is 13.4. The molecule has 4 nitrogen and oxygen atoms in total. The zero-order chi connectivity index (χ0) is 20.5. The Kier molecular flexibility index (Phi) is 8.99. The maximum atomic E-state index is 13.2. The lowest BCUT2D eigenvalue weighted by atomic mass is 10.1. The van der Waals surface area contributed by atoms with Crippen molar-refractivity contribution in [3.05, 3.63) is 69.9 Å². The van der Waals surface area contributed by atoms with Crippen LogP contribution in [-0.2, 0) is 21.9 Å². The van der Waals surface area contributed by atoms with E-state index in [-0.39, 0.29) is 29.9 Å². The van der Waals surface area contributed by atoms with Crippen molar-refractivity contribution < 1.29 is 14.0 Å². The van der Waals surface area contributed by atoms with Crippen molar-refractivity contribution in [3.63, 3.8) is 0 Å². The number of halogens is 2. The van der Waals surface area contributed by atoms with E-state index in [4.69, 9.17) is 0 Å². The smallest absolute Gasteiger partial charge is 0.242 e. The molecule has 0 saturated heterocycles. The number of hydrogen-bond donors (Lipinski definition) is 1. The second-order valence-electron chi connectivity index (χ2n) is 6.31. The molecular formula is C21H24BrFN2O2S. The Balaban J connectivity index is 2.07. The Morgan fingerprint density at radius 3 is 2.29 bits per heavy atom. The molecule has 0 spiro atoms. The molecule has 0 unspecified atom stereocenters. The predicted octanol–water partition coefficient (Wildman–Crippen LogP) is 4.37. The average molecular weight is 467 g/mol. The van der Waals surface area contributed by atoms with Crippen LogP contribution in [0.4, 0.5) is 4.39 Å². The highest BCUT2D eigenvalue weighted by molar-refractivity contribution is 9.10. The number of nitrogens with one attached hydrogen (secondary N) is 1. The second kappa shape index (κ2) is 11.2. The molecule has 28 heavy (non-hydrogen) atoms. The molecule has 0 fully saturated rings. The molecule has 2 rings (SSSR count). The summed E-state index contributed by atoms with van der Waals surface area (Å²) in [5, 5.41) is 2.63. The van der Waals surface area contributed by atoms with Crippen LogP contribution in [0.15, 0.2) is 53.0 Å². The molecule has 2 aromatic rings. The van der Waals surface area contributed by atoms with Crippen molar-refractivity contribution >= 4 is 39.5 Å². The van der Waals surface area contributed by atoms with Crippen molar-refractivity contribution in [1.29, 1.82) is 0 Å². The summed E-state index contributed by atoms with van der Waals surface area (Å²) in [5.74, 6) is 0.341. The number of nitrogens with zero attached hydrogens (tertiary/aromatic N) is 1. The van der Waals surface area contributed by atoms with Crippen molar-refractivity contribution in [3.8, 4) is 0 Å². The second-order valence-corrected chi connectivity index (χ2v) is 8.21. The van der Waals surface area contributed by atoms with Crippen LogP contribution in [0.5, 0.6) is 0 Å². The fourth-order valence-electron chi connectivity index (χ4n) is 2.79. The molecule has 1 atom stereocenters. The summed E-state index contributed by atoms with van der Waals surface area (Å²) in [6, 6.07) is 13.4. The summed E-state index contributed by atoms with van der Waals surface area (Å²) in [7, 11) is 1.56. The summed E-state index contributed by atoms with van der Waals surface area (Å²) < 4.78 is 14.2. The van der Waals surface area contributed by atoms with Gasteiger partial charge in [0.15, 0.2) is 0 Å². The molecule has 0 aliphatic rings. The van der Waals surface area contributed by atoms with Crippen LogP contribution < -0.4 is 5.32 Å². The van der Waals surface area contributed by atoms with Crippen LogP contribution in [0.2, 0.25) is 0 Å². The fourth-order valence-corrected chi connectivity index (χ4v) is 3.93. The lowest BCUT2D eigenvalue weighted by Crippen LogP contribution is -2.48. The molecule has 0 aliphatic carbocycles. The Labute approximate surface area is 178 Å². The normalized spacial score (nSPS) is 11.7. The molecule has 0 saturated carbocycles. The minimum absolute atomic E-state index is 0.109. The van der Waals surface area contributed by atoms with Gasteiger partial charge in [-0.25, -0.2) is 4.39 Å². The summed E-state index contributed by atoms with van der Waals surface area (Å²) in [6.45, 7) is 2.14. The van der Waals surface area contributed by atoms with E-state index in [0.29, 0.717) is 12.2 Å². The predicted molar refractivity (Wildman–Crippen MR) is 115 cm³/mol. The van der Waals surface area contributed by atoms with Crippen molar-refractivity contribution in [2.75, 3.05) is 12.8 Å². The molecule has 2 amide bonds. The molecule has 0 radical (unpaired) electrons. The van der Waals surface area contributed by atoms with Crippen molar-refractivity contribution in [1.82, 2.24) is 10.2 Å². The molecule has 0 bridgehead atoms. The molecule has 0 heterocycles. The van der Waals surface area contributed by atoms with Gasteiger partial charge in [0, 0.05) is 23.8 Å². The first kappa shape index (κ1) is 22.4. The molecule has 150 valence electrons. The van der Waals surface area contributed by atoms with E-state index in [1.807, 2.05) is 31.2 Å². The molecule has 2 aromatic carbocycles. The third-order valence-corrected chi connectivity index (χ3v) is 5.82. The van der Waals surface area contributed by atoms with E-state index in [1.165, 1.54) is 23.9 Å². The third-order valence-electron chi connectivity index (χ3n) is 4.31. The summed E-state index contributed by atoms with van der Waals surface area (Å²) in [4.78, 5) is 26.8. The lowest BCUT2D eigenvalue weighted by Gasteiger charge is -2.30. The highest BCUT2D eigenvalue weighted by Gasteiger charge is 2.27. The van der Waals surface area contributed by atoms with Crippen LogP contribution in [-0.4, -0.2) is 35.6 Å². The summed E-state index contributed by atoms with van der Waals surface area (Å²) in [6.07, 6.45) is 0.504. The number of benzene rings is 2. The number of thioether (sulfide) groups is 1. The molecule has 0 aliphatic heterocycles. The van der Waals surface area contributed by atoms with Gasteiger partial charge in [0.2, 0.25) is 11.8 Å². The Morgan fingerprint density at radius 1 is 1.11 bits per heavy atom. The number of amides is 2. The van der Waals surface area contributed by atoms with Gasteiger partial charge in [-0.05, 0) is 41.8 Å². The fraction of sp³-hybridized carbons (Fsp3) is 0.333. The van der Waals surface area contributed by atoms with E-state index in [9.17, 15) is 14.0 Å². The van der Waals surface area contributed by atoms with E-state index in [1.54, 1.807) is 24.1 Å². The largest absolute Gasteiger partial charge is 0.357 e. The Bertz CT molecular complexity index is 784. The molecule has 1 N–H and O–H groups in total. The van der Waals surface area contributed by atoms with Gasteiger partial charge in [0.25, 0.3) is 0 Å². The van der Waals surface area contributed by atoms with Gasteiger partial charge in [0.05, 0.1) is 5.75 Å². The first-order valence-corrected chi connectivity index (χ1v) is 11.0. The molecular weight excluding hydrogens is 443 g/mol. The van der Waals surface area contributed by atoms with Crippen molar-refractivity contribution in [2.45, 2.75) is 31.7 Å². The summed E-state index contributed by atoms with van der Waals surface area (Å²) in [5.41, 5.74) is 1.92. The number of carbonyl (C=O) groups is 2. The van der Waals surface area contributed by atoms with E-state index < -0.39 is 6.04 Å². The maximum absolute atomic E-state index is 13.2. The Morgan fingerprint density at radius 2 is 1.71 bits per heavy atom. The summed E-state index contributed by atoms with van der Waals surface area (Å²) >= 11 is 4.92. The molecule has 7 heteroatoms. The van der Waals surface area contributed by atoms with Gasteiger partial charge in [-0.15, -0.1) is 11.8 Å². The minimum Gasteiger partial charge on any atom is -0.357 e. The van der Waals surface area contributed by atoms with E-state index in [2.05, 4.69) is 21.2 Å². The van der Waals surface area contributed by atoms with Gasteiger partial charge < -0.3 is 10.2 Å². The zero-order valence-corrected chi connectivity index (χ0v) is 18.4. The van der Waals surface area contributed by atoms with Crippen LogP contribution >= 0.6 is 27.7 Å². The van der Waals surface area contributed by atoms with E-state index >= 15 is 0 Å². The monoisotopic (exact) mass is 466 g/mol. The van der Waals surface area contributed by atoms with Gasteiger partial charge in [-0.3, -0.25) is 9.59 Å². The quantitative estimate of drug-likeness (QED) is 0.596. The van der Waals surface area contributed by atoms with Crippen molar-refractivity contribution in [2.24, 2.45) is 0 Å². The van der Waals surface area contributed by atoms with Gasteiger partial charge >= 0.3 is 0 Å². The van der Waals surface area contributed by atoms with Gasteiger partial charge in [0.1, 0.15) is 11.9 Å². The van der Waals surface area contributed by atoms with E-state index in [0.717, 1.165) is 15.6 Å². The van der Waals surface area contributed by atoms with Crippen LogP contribution in [0.3, 0.4) is 0 Å². The standard InChI is InChI=1S/C21H24BrFN2O2S/c1-3-19(21(27)24-2)25(12-15-6-10-18(23)11-7-15)20(26)14-28-13-16-4-8-17(22)9-5-16/h4-11,19H,3,12-14H2,1-2H3,(H,24,27)/t19-/m0/s1. The topological polar surface area (TPSA) is 49.4 Å². The van der Waals surface area contributed by atoms with Crippen LogP contribution in [0.25, 0.3) is 0 Å². The minimum atomic E-state index is -0.559. The highest BCUT2D eigenvalue weighted by atomic mass is 79.9. The highest BCUT2D eigenvalue weighted by Crippen LogP contribution is 2.19. The maximum Gasteiger partial charge on any atom is 0.242 e. The zero-order valence-electron chi connectivity index (χ0n) is 16.0. The molecule has 0 aromatic heterocycles. The van der Waals surface area contributed by atoms with Crippen LogP contribution in [0.1, 0.15) is 24.5 Å². The number of hydrogen-bond acceptors (Lipinski definition) is 3. The Hall–Kier alpha value is -1.86. The first-order valence-electron chi connectivity index (χ1n) is 9.02.